The van der Waals surface area contributed by atoms with Gasteiger partial charge in [-0.15, -0.1) is 0 Å². The molecule has 0 aromatic heterocycles. The van der Waals surface area contributed by atoms with Gasteiger partial charge in [-0.3, -0.25) is 9.52 Å². The Morgan fingerprint density at radius 3 is 2.32 bits per heavy atom. The topological polar surface area (TPSA) is 87.6 Å². The first kappa shape index (κ1) is 22.5. The van der Waals surface area contributed by atoms with Crippen molar-refractivity contribution >= 4 is 38.9 Å². The van der Waals surface area contributed by atoms with Gasteiger partial charge in [-0.2, -0.15) is 5.10 Å². The summed E-state index contributed by atoms with van der Waals surface area (Å²) in [5.41, 5.74) is 6.36. The molecular formula is C23H22ClN3O3S. The molecule has 3 aromatic carbocycles. The van der Waals surface area contributed by atoms with E-state index in [-0.39, 0.29) is 10.5 Å². The number of halogens is 1. The fourth-order valence-corrected chi connectivity index (χ4v) is 4.19. The average Bonchev–Trinajstić information content (AvgIpc) is 2.74. The molecule has 0 saturated carbocycles. The molecule has 31 heavy (non-hydrogen) atoms. The van der Waals surface area contributed by atoms with E-state index in [1.165, 1.54) is 24.3 Å². The molecule has 6 nitrogen and oxygen atoms in total. The lowest BCUT2D eigenvalue weighted by molar-refractivity contribution is 0.0954. The zero-order chi connectivity index (χ0) is 22.6. The molecule has 0 aliphatic heterocycles. The normalized spacial score (nSPS) is 11.8. The molecule has 2 N–H and O–H groups in total. The van der Waals surface area contributed by atoms with Crippen LogP contribution in [0.5, 0.6) is 0 Å². The molecule has 0 radical (unpaired) electrons. The van der Waals surface area contributed by atoms with Gasteiger partial charge in [-0.1, -0.05) is 47.5 Å². The molecule has 0 saturated heterocycles. The number of hydrazone groups is 1. The SMILES string of the molecule is CC(=NNC(=O)c1cccc(S(=O)(=O)Nc2ccc(C)cc2C)c1)c1ccc(Cl)cc1. The van der Waals surface area contributed by atoms with Crippen LogP contribution in [0.1, 0.15) is 34.0 Å². The molecule has 3 aromatic rings. The second kappa shape index (κ2) is 9.32. The monoisotopic (exact) mass is 455 g/mol. The van der Waals surface area contributed by atoms with Gasteiger partial charge in [0.1, 0.15) is 0 Å². The minimum absolute atomic E-state index is 0.0153. The molecule has 0 aliphatic rings. The molecule has 3 rings (SSSR count). The van der Waals surface area contributed by atoms with Crippen LogP contribution in [0.2, 0.25) is 5.02 Å². The van der Waals surface area contributed by atoms with Gasteiger partial charge < -0.3 is 0 Å². The minimum atomic E-state index is -3.86. The lowest BCUT2D eigenvalue weighted by Gasteiger charge is -2.12. The van der Waals surface area contributed by atoms with Crippen molar-refractivity contribution in [1.29, 1.82) is 0 Å². The number of benzene rings is 3. The highest BCUT2D eigenvalue weighted by molar-refractivity contribution is 7.92. The molecule has 8 heteroatoms. The molecule has 0 unspecified atom stereocenters. The first-order chi connectivity index (χ1) is 14.7. The van der Waals surface area contributed by atoms with Gasteiger partial charge in [0.05, 0.1) is 16.3 Å². The molecule has 0 bridgehead atoms. The van der Waals surface area contributed by atoms with E-state index in [2.05, 4.69) is 15.2 Å². The van der Waals surface area contributed by atoms with Gasteiger partial charge >= 0.3 is 0 Å². The first-order valence-corrected chi connectivity index (χ1v) is 11.3. The summed E-state index contributed by atoms with van der Waals surface area (Å²) in [6, 6.07) is 18.3. The van der Waals surface area contributed by atoms with Gasteiger partial charge in [0.25, 0.3) is 15.9 Å². The van der Waals surface area contributed by atoms with E-state index in [1.807, 2.05) is 26.0 Å². The molecule has 0 atom stereocenters. The summed E-state index contributed by atoms with van der Waals surface area (Å²) in [5.74, 6) is -0.517. The summed E-state index contributed by atoms with van der Waals surface area (Å²) < 4.78 is 28.2. The maximum atomic E-state index is 12.8. The number of aryl methyl sites for hydroxylation is 2. The molecular weight excluding hydrogens is 434 g/mol. The first-order valence-electron chi connectivity index (χ1n) is 9.46. The van der Waals surface area contributed by atoms with Crippen molar-refractivity contribution in [2.45, 2.75) is 25.7 Å². The number of amides is 1. The summed E-state index contributed by atoms with van der Waals surface area (Å²) >= 11 is 5.88. The largest absolute Gasteiger partial charge is 0.279 e. The van der Waals surface area contributed by atoms with Crippen molar-refractivity contribution < 1.29 is 13.2 Å². The summed E-state index contributed by atoms with van der Waals surface area (Å²) in [4.78, 5) is 12.5. The van der Waals surface area contributed by atoms with Crippen LogP contribution in [-0.2, 0) is 10.0 Å². The van der Waals surface area contributed by atoms with Crippen LogP contribution in [0.25, 0.3) is 0 Å². The van der Waals surface area contributed by atoms with E-state index in [1.54, 1.807) is 37.3 Å². The number of rotatable bonds is 6. The number of carbonyl (C=O) groups is 1. The van der Waals surface area contributed by atoms with E-state index in [0.29, 0.717) is 16.4 Å². The number of anilines is 1. The molecule has 1 amide bonds. The predicted octanol–water partition coefficient (Wildman–Crippen LogP) is 4.91. The Balaban J connectivity index is 1.77. The van der Waals surface area contributed by atoms with Gasteiger partial charge in [-0.05, 0) is 68.3 Å². The maximum absolute atomic E-state index is 12.8. The number of nitrogens with zero attached hydrogens (tertiary/aromatic N) is 1. The fraction of sp³-hybridized carbons (Fsp3) is 0.130. The Hall–Kier alpha value is -3.16. The zero-order valence-electron chi connectivity index (χ0n) is 17.3. The Labute approximate surface area is 187 Å². The highest BCUT2D eigenvalue weighted by atomic mass is 35.5. The molecule has 0 fully saturated rings. The maximum Gasteiger partial charge on any atom is 0.271 e. The second-order valence-electron chi connectivity index (χ2n) is 7.10. The van der Waals surface area contributed by atoms with Crippen LogP contribution >= 0.6 is 11.6 Å². The van der Waals surface area contributed by atoms with Crippen LogP contribution in [0.4, 0.5) is 5.69 Å². The Kier molecular flexibility index (Phi) is 6.77. The molecule has 0 spiro atoms. The smallest absolute Gasteiger partial charge is 0.271 e. The van der Waals surface area contributed by atoms with E-state index >= 15 is 0 Å². The molecule has 160 valence electrons. The fourth-order valence-electron chi connectivity index (χ4n) is 2.89. The summed E-state index contributed by atoms with van der Waals surface area (Å²) in [6.07, 6.45) is 0. The Morgan fingerprint density at radius 1 is 0.935 bits per heavy atom. The van der Waals surface area contributed by atoms with E-state index in [0.717, 1.165) is 16.7 Å². The minimum Gasteiger partial charge on any atom is -0.279 e. The Morgan fingerprint density at radius 2 is 1.65 bits per heavy atom. The van der Waals surface area contributed by atoms with Crippen molar-refractivity contribution in [3.8, 4) is 0 Å². The van der Waals surface area contributed by atoms with Crippen molar-refractivity contribution in [3.05, 3.63) is 94.0 Å². The molecule has 0 aliphatic carbocycles. The summed E-state index contributed by atoms with van der Waals surface area (Å²) in [7, 11) is -3.86. The van der Waals surface area contributed by atoms with Gasteiger partial charge in [-0.25, -0.2) is 13.8 Å². The average molecular weight is 456 g/mol. The van der Waals surface area contributed by atoms with Crippen molar-refractivity contribution in [3.63, 3.8) is 0 Å². The van der Waals surface area contributed by atoms with Crippen LogP contribution in [0, 0.1) is 13.8 Å². The van der Waals surface area contributed by atoms with Crippen molar-refractivity contribution in [2.75, 3.05) is 4.72 Å². The van der Waals surface area contributed by atoms with E-state index < -0.39 is 15.9 Å². The van der Waals surface area contributed by atoms with Crippen LogP contribution in [0.3, 0.4) is 0 Å². The zero-order valence-corrected chi connectivity index (χ0v) is 18.9. The van der Waals surface area contributed by atoms with Crippen LogP contribution in [0.15, 0.2) is 76.7 Å². The van der Waals surface area contributed by atoms with Crippen molar-refractivity contribution in [2.24, 2.45) is 5.10 Å². The third kappa shape index (κ3) is 5.71. The number of carbonyl (C=O) groups excluding carboxylic acids is 1. The molecule has 0 heterocycles. The number of hydrogen-bond donors (Lipinski definition) is 2. The van der Waals surface area contributed by atoms with E-state index in [9.17, 15) is 13.2 Å². The number of nitrogens with one attached hydrogen (secondary N) is 2. The quantitative estimate of drug-likeness (QED) is 0.409. The lowest BCUT2D eigenvalue weighted by Crippen LogP contribution is -2.20. The van der Waals surface area contributed by atoms with E-state index in [4.69, 9.17) is 11.6 Å². The predicted molar refractivity (Wildman–Crippen MR) is 124 cm³/mol. The summed E-state index contributed by atoms with van der Waals surface area (Å²) in [6.45, 7) is 5.51. The van der Waals surface area contributed by atoms with Gasteiger partial charge in [0, 0.05) is 10.6 Å². The van der Waals surface area contributed by atoms with Crippen molar-refractivity contribution in [1.82, 2.24) is 5.43 Å². The second-order valence-corrected chi connectivity index (χ2v) is 9.22. The van der Waals surface area contributed by atoms with Gasteiger partial charge in [0.2, 0.25) is 0 Å². The van der Waals surface area contributed by atoms with Crippen LogP contribution in [-0.4, -0.2) is 20.0 Å². The lowest BCUT2D eigenvalue weighted by atomic mass is 10.1. The van der Waals surface area contributed by atoms with Gasteiger partial charge in [0.15, 0.2) is 0 Å². The standard InChI is InChI=1S/C23H22ClN3O3S/c1-15-7-12-22(16(2)13-15)27-31(29,30)21-6-4-5-19(14-21)23(28)26-25-17(3)18-8-10-20(24)11-9-18/h4-14,27H,1-3H3,(H,26,28). The van der Waals surface area contributed by atoms with Crippen LogP contribution < -0.4 is 10.1 Å². The number of sulfonamides is 1. The highest BCUT2D eigenvalue weighted by Gasteiger charge is 2.17. The Bertz CT molecular complexity index is 1250. The summed E-state index contributed by atoms with van der Waals surface area (Å²) in [5, 5.41) is 4.69. The number of hydrogen-bond acceptors (Lipinski definition) is 4. The third-order valence-corrected chi connectivity index (χ3v) is 6.24. The third-order valence-electron chi connectivity index (χ3n) is 4.62. The highest BCUT2D eigenvalue weighted by Crippen LogP contribution is 2.21.